The lowest BCUT2D eigenvalue weighted by Crippen LogP contribution is -2.07. The largest absolute Gasteiger partial charge is 0.466 e. The zero-order chi connectivity index (χ0) is 11.1. The molecule has 0 aliphatic rings. The first-order valence-electron chi connectivity index (χ1n) is 5.20. The first-order chi connectivity index (χ1) is 7.27. The van der Waals surface area contributed by atoms with Crippen LogP contribution in [0, 0.1) is 0 Å². The molecule has 0 aliphatic heterocycles. The third-order valence-corrected chi connectivity index (χ3v) is 2.24. The van der Waals surface area contributed by atoms with Crippen LogP contribution in [0.4, 0.5) is 0 Å². The highest BCUT2D eigenvalue weighted by molar-refractivity contribution is 5.69. The summed E-state index contributed by atoms with van der Waals surface area (Å²) in [6.07, 6.45) is 1.12. The van der Waals surface area contributed by atoms with Gasteiger partial charge in [0.25, 0.3) is 0 Å². The van der Waals surface area contributed by atoms with Crippen molar-refractivity contribution in [2.24, 2.45) is 5.73 Å². The quantitative estimate of drug-likeness (QED) is 0.747. The summed E-state index contributed by atoms with van der Waals surface area (Å²) in [5.74, 6) is -0.149. The Hall–Kier alpha value is -1.35. The Kier molecular flexibility index (Phi) is 4.84. The second-order valence-corrected chi connectivity index (χ2v) is 3.28. The maximum absolute atomic E-state index is 11.2. The van der Waals surface area contributed by atoms with Crippen molar-refractivity contribution in [3.8, 4) is 0 Å². The number of hydrogen-bond acceptors (Lipinski definition) is 3. The first kappa shape index (κ1) is 11.7. The van der Waals surface area contributed by atoms with Crippen molar-refractivity contribution in [2.45, 2.75) is 26.3 Å². The number of nitrogens with two attached hydrogens (primary N) is 1. The number of carbonyl (C=O) groups excluding carboxylic acids is 1. The Balaban J connectivity index is 2.53. The molecule has 0 atom stereocenters. The van der Waals surface area contributed by atoms with E-state index in [0.717, 1.165) is 11.1 Å². The molecule has 1 rings (SSSR count). The van der Waals surface area contributed by atoms with Crippen LogP contribution in [0.5, 0.6) is 0 Å². The summed E-state index contributed by atoms with van der Waals surface area (Å²) in [5.41, 5.74) is 7.83. The maximum atomic E-state index is 11.2. The van der Waals surface area contributed by atoms with Crippen LogP contribution in [0.15, 0.2) is 24.3 Å². The van der Waals surface area contributed by atoms with E-state index in [0.29, 0.717) is 26.0 Å². The first-order valence-corrected chi connectivity index (χ1v) is 5.20. The number of carbonyl (C=O) groups is 1. The van der Waals surface area contributed by atoms with Gasteiger partial charge in [-0.3, -0.25) is 4.79 Å². The molecule has 0 bridgehead atoms. The van der Waals surface area contributed by atoms with Crippen LogP contribution < -0.4 is 5.73 Å². The molecular weight excluding hydrogens is 190 g/mol. The van der Waals surface area contributed by atoms with Gasteiger partial charge in [-0.05, 0) is 24.5 Å². The Morgan fingerprint density at radius 2 is 2.00 bits per heavy atom. The van der Waals surface area contributed by atoms with Crippen LogP contribution in [0.3, 0.4) is 0 Å². The molecule has 15 heavy (non-hydrogen) atoms. The van der Waals surface area contributed by atoms with Gasteiger partial charge in [0.2, 0.25) is 0 Å². The summed E-state index contributed by atoms with van der Waals surface area (Å²) in [6.45, 7) is 2.77. The highest BCUT2D eigenvalue weighted by Crippen LogP contribution is 2.10. The van der Waals surface area contributed by atoms with Gasteiger partial charge < -0.3 is 10.5 Å². The van der Waals surface area contributed by atoms with Crippen molar-refractivity contribution in [1.29, 1.82) is 0 Å². The van der Waals surface area contributed by atoms with E-state index in [-0.39, 0.29) is 5.97 Å². The highest BCUT2D eigenvalue weighted by atomic mass is 16.5. The number of benzene rings is 1. The van der Waals surface area contributed by atoms with Gasteiger partial charge in [0.05, 0.1) is 6.61 Å². The molecule has 0 saturated carbocycles. The van der Waals surface area contributed by atoms with Crippen molar-refractivity contribution in [1.82, 2.24) is 0 Å². The van der Waals surface area contributed by atoms with E-state index in [9.17, 15) is 4.79 Å². The molecule has 0 heterocycles. The van der Waals surface area contributed by atoms with Gasteiger partial charge in [0.1, 0.15) is 0 Å². The van der Waals surface area contributed by atoms with Crippen LogP contribution in [0.2, 0.25) is 0 Å². The van der Waals surface area contributed by atoms with Crippen LogP contribution in [-0.2, 0) is 22.5 Å². The molecule has 0 saturated heterocycles. The van der Waals surface area contributed by atoms with Gasteiger partial charge in [-0.1, -0.05) is 24.3 Å². The Bertz CT molecular complexity index is 323. The monoisotopic (exact) mass is 207 g/mol. The predicted molar refractivity (Wildman–Crippen MR) is 59.3 cm³/mol. The molecule has 0 aromatic heterocycles. The molecule has 3 nitrogen and oxygen atoms in total. The second-order valence-electron chi connectivity index (χ2n) is 3.28. The smallest absolute Gasteiger partial charge is 0.306 e. The minimum atomic E-state index is -0.149. The molecular formula is C12H17NO2. The van der Waals surface area contributed by atoms with Gasteiger partial charge in [0, 0.05) is 13.0 Å². The summed E-state index contributed by atoms with van der Waals surface area (Å²) in [6, 6.07) is 7.90. The third kappa shape index (κ3) is 3.72. The number of esters is 1. The van der Waals surface area contributed by atoms with E-state index in [2.05, 4.69) is 0 Å². The van der Waals surface area contributed by atoms with Gasteiger partial charge in [-0.25, -0.2) is 0 Å². The molecule has 1 aromatic rings. The Labute approximate surface area is 90.2 Å². The zero-order valence-corrected chi connectivity index (χ0v) is 9.03. The van der Waals surface area contributed by atoms with Crippen LogP contribution in [0.1, 0.15) is 24.5 Å². The molecule has 0 unspecified atom stereocenters. The van der Waals surface area contributed by atoms with E-state index < -0.39 is 0 Å². The van der Waals surface area contributed by atoms with Crippen molar-refractivity contribution >= 4 is 5.97 Å². The molecule has 82 valence electrons. The van der Waals surface area contributed by atoms with Gasteiger partial charge in [-0.2, -0.15) is 0 Å². The van der Waals surface area contributed by atoms with Crippen LogP contribution >= 0.6 is 0 Å². The summed E-state index contributed by atoms with van der Waals surface area (Å²) >= 11 is 0. The molecule has 2 N–H and O–H groups in total. The van der Waals surface area contributed by atoms with Crippen molar-refractivity contribution in [3.05, 3.63) is 35.4 Å². The second kappa shape index (κ2) is 6.19. The van der Waals surface area contributed by atoms with E-state index in [1.165, 1.54) is 0 Å². The fourth-order valence-electron chi connectivity index (χ4n) is 1.47. The normalized spacial score (nSPS) is 10.0. The fourth-order valence-corrected chi connectivity index (χ4v) is 1.47. The Morgan fingerprint density at radius 1 is 1.33 bits per heavy atom. The standard InChI is InChI=1S/C12H17NO2/c1-2-15-12(14)8-7-10-5-3-4-6-11(10)9-13/h3-6H,2,7-9,13H2,1H3. The van der Waals surface area contributed by atoms with Crippen molar-refractivity contribution in [2.75, 3.05) is 6.61 Å². The molecule has 1 aromatic carbocycles. The summed E-state index contributed by atoms with van der Waals surface area (Å²) in [5, 5.41) is 0. The molecule has 0 fully saturated rings. The van der Waals surface area contributed by atoms with Crippen molar-refractivity contribution in [3.63, 3.8) is 0 Å². The molecule has 0 aliphatic carbocycles. The summed E-state index contributed by atoms with van der Waals surface area (Å²) < 4.78 is 4.87. The number of hydrogen-bond donors (Lipinski definition) is 1. The lowest BCUT2D eigenvalue weighted by molar-refractivity contribution is -0.143. The zero-order valence-electron chi connectivity index (χ0n) is 9.03. The highest BCUT2D eigenvalue weighted by Gasteiger charge is 2.04. The summed E-state index contributed by atoms with van der Waals surface area (Å²) in [7, 11) is 0. The van der Waals surface area contributed by atoms with Crippen molar-refractivity contribution < 1.29 is 9.53 Å². The summed E-state index contributed by atoms with van der Waals surface area (Å²) in [4.78, 5) is 11.2. The van der Waals surface area contributed by atoms with Crippen LogP contribution in [-0.4, -0.2) is 12.6 Å². The Morgan fingerprint density at radius 3 is 2.60 bits per heavy atom. The van der Waals surface area contributed by atoms with Gasteiger partial charge >= 0.3 is 5.97 Å². The van der Waals surface area contributed by atoms with Crippen LogP contribution in [0.25, 0.3) is 0 Å². The number of rotatable bonds is 5. The average Bonchev–Trinajstić information content (AvgIpc) is 2.27. The molecule has 0 spiro atoms. The fraction of sp³-hybridized carbons (Fsp3) is 0.417. The molecule has 3 heteroatoms. The van der Waals surface area contributed by atoms with Gasteiger partial charge in [-0.15, -0.1) is 0 Å². The minimum absolute atomic E-state index is 0.149. The lowest BCUT2D eigenvalue weighted by atomic mass is 10.0. The molecule has 0 radical (unpaired) electrons. The molecule has 0 amide bonds. The SMILES string of the molecule is CCOC(=O)CCc1ccccc1CN. The van der Waals surface area contributed by atoms with E-state index >= 15 is 0 Å². The number of aryl methyl sites for hydroxylation is 1. The van der Waals surface area contributed by atoms with E-state index in [1.54, 1.807) is 0 Å². The third-order valence-electron chi connectivity index (χ3n) is 2.24. The number of ether oxygens (including phenoxy) is 1. The van der Waals surface area contributed by atoms with Gasteiger partial charge in [0.15, 0.2) is 0 Å². The lowest BCUT2D eigenvalue weighted by Gasteiger charge is -2.06. The maximum Gasteiger partial charge on any atom is 0.306 e. The van der Waals surface area contributed by atoms with E-state index in [1.807, 2.05) is 31.2 Å². The minimum Gasteiger partial charge on any atom is -0.466 e. The predicted octanol–water partition coefficient (Wildman–Crippen LogP) is 1.64. The van der Waals surface area contributed by atoms with E-state index in [4.69, 9.17) is 10.5 Å². The average molecular weight is 207 g/mol. The topological polar surface area (TPSA) is 52.3 Å².